The predicted molar refractivity (Wildman–Crippen MR) is 113 cm³/mol. The van der Waals surface area contributed by atoms with Gasteiger partial charge in [0.2, 0.25) is 11.9 Å². The number of aryl methyl sites for hydroxylation is 1. The van der Waals surface area contributed by atoms with Crippen molar-refractivity contribution in [2.75, 3.05) is 12.4 Å². The Bertz CT molecular complexity index is 1020. The number of carbonyl (C=O) groups excluding carboxylic acids is 1. The Morgan fingerprint density at radius 2 is 1.93 bits per heavy atom. The van der Waals surface area contributed by atoms with Crippen molar-refractivity contribution in [2.45, 2.75) is 32.6 Å². The number of fused-ring (bicyclic) bond motifs is 1. The summed E-state index contributed by atoms with van der Waals surface area (Å²) in [6.07, 6.45) is 0.265. The summed E-state index contributed by atoms with van der Waals surface area (Å²) >= 11 is 0. The summed E-state index contributed by atoms with van der Waals surface area (Å²) in [4.78, 5) is 21.8. The lowest BCUT2D eigenvalue weighted by Gasteiger charge is -2.36. The molecule has 0 saturated carbocycles. The third-order valence-corrected chi connectivity index (χ3v) is 5.32. The summed E-state index contributed by atoms with van der Waals surface area (Å²) in [7, 11) is 1.64. The highest BCUT2D eigenvalue weighted by molar-refractivity contribution is 5.83. The van der Waals surface area contributed by atoms with Crippen molar-refractivity contribution in [3.63, 3.8) is 0 Å². The molecule has 3 aromatic rings. The van der Waals surface area contributed by atoms with Crippen LogP contribution in [0.2, 0.25) is 0 Å². The van der Waals surface area contributed by atoms with Crippen LogP contribution in [0.15, 0.2) is 48.5 Å². The van der Waals surface area contributed by atoms with Crippen molar-refractivity contribution in [1.29, 1.82) is 0 Å². The summed E-state index contributed by atoms with van der Waals surface area (Å²) in [6.45, 7) is 3.96. The van der Waals surface area contributed by atoms with Gasteiger partial charge in [0.05, 0.1) is 24.2 Å². The number of amides is 1. The van der Waals surface area contributed by atoms with E-state index in [2.05, 4.69) is 25.9 Å². The Hall–Kier alpha value is -3.19. The molecule has 1 saturated heterocycles. The fourth-order valence-corrected chi connectivity index (χ4v) is 3.69. The summed E-state index contributed by atoms with van der Waals surface area (Å²) in [6, 6.07) is 15.8. The molecule has 150 valence electrons. The molecule has 7 nitrogen and oxygen atoms in total. The molecule has 3 atom stereocenters. The third kappa shape index (κ3) is 4.14. The van der Waals surface area contributed by atoms with Crippen LogP contribution in [-0.4, -0.2) is 35.3 Å². The fourth-order valence-electron chi connectivity index (χ4n) is 3.69. The average Bonchev–Trinajstić information content (AvgIpc) is 2.71. The van der Waals surface area contributed by atoms with Crippen molar-refractivity contribution in [3.05, 3.63) is 59.8 Å². The van der Waals surface area contributed by atoms with Crippen molar-refractivity contribution >= 4 is 22.8 Å². The van der Waals surface area contributed by atoms with Crippen molar-refractivity contribution in [3.8, 4) is 5.75 Å². The smallest absolute Gasteiger partial charge is 0.227 e. The maximum absolute atomic E-state index is 12.7. The molecule has 0 radical (unpaired) electrons. The molecule has 2 aromatic carbocycles. The van der Waals surface area contributed by atoms with Crippen molar-refractivity contribution in [2.24, 2.45) is 5.92 Å². The van der Waals surface area contributed by atoms with Crippen LogP contribution in [0.5, 0.6) is 5.75 Å². The largest absolute Gasteiger partial charge is 0.497 e. The first-order valence-corrected chi connectivity index (χ1v) is 9.73. The van der Waals surface area contributed by atoms with Gasteiger partial charge in [0.1, 0.15) is 5.75 Å². The van der Waals surface area contributed by atoms with Crippen LogP contribution in [0.3, 0.4) is 0 Å². The summed E-state index contributed by atoms with van der Waals surface area (Å²) < 4.78 is 5.28. The minimum Gasteiger partial charge on any atom is -0.497 e. The quantitative estimate of drug-likeness (QED) is 0.620. The number of methoxy groups -OCH3 is 1. The highest BCUT2D eigenvalue weighted by atomic mass is 16.5. The van der Waals surface area contributed by atoms with Gasteiger partial charge in [-0.1, -0.05) is 30.3 Å². The normalized spacial score (nSPS) is 21.6. The number of aromatic nitrogens is 2. The van der Waals surface area contributed by atoms with Crippen LogP contribution in [0.1, 0.15) is 18.2 Å². The van der Waals surface area contributed by atoms with E-state index in [0.717, 1.165) is 27.9 Å². The van der Waals surface area contributed by atoms with E-state index in [1.807, 2.05) is 62.4 Å². The first kappa shape index (κ1) is 19.1. The number of benzene rings is 2. The van der Waals surface area contributed by atoms with Gasteiger partial charge in [-0.15, -0.1) is 0 Å². The maximum Gasteiger partial charge on any atom is 0.227 e. The van der Waals surface area contributed by atoms with E-state index in [4.69, 9.17) is 4.74 Å². The van der Waals surface area contributed by atoms with Gasteiger partial charge in [0.25, 0.3) is 0 Å². The number of rotatable bonds is 5. The van der Waals surface area contributed by atoms with E-state index in [9.17, 15) is 4.79 Å². The lowest BCUT2D eigenvalue weighted by atomic mass is 9.91. The zero-order chi connectivity index (χ0) is 20.4. The van der Waals surface area contributed by atoms with Gasteiger partial charge in [0, 0.05) is 11.4 Å². The molecule has 1 fully saturated rings. The number of hydrogen-bond acceptors (Lipinski definition) is 6. The van der Waals surface area contributed by atoms with Gasteiger partial charge >= 0.3 is 0 Å². The number of nitrogens with zero attached hydrogens (tertiary/aromatic N) is 2. The second kappa shape index (κ2) is 8.05. The minimum atomic E-state index is -0.431. The highest BCUT2D eigenvalue weighted by Gasteiger charge is 2.33. The Labute approximate surface area is 169 Å². The molecule has 3 unspecified atom stereocenters. The zero-order valence-electron chi connectivity index (χ0n) is 16.8. The van der Waals surface area contributed by atoms with Crippen LogP contribution >= 0.6 is 0 Å². The Balaban J connectivity index is 1.47. The first-order valence-electron chi connectivity index (χ1n) is 9.73. The van der Waals surface area contributed by atoms with Crippen LogP contribution in [0.25, 0.3) is 10.9 Å². The van der Waals surface area contributed by atoms with E-state index < -0.39 is 6.29 Å². The molecular formula is C22H25N5O2. The second-order valence-electron chi connectivity index (χ2n) is 7.35. The second-order valence-corrected chi connectivity index (χ2v) is 7.35. The van der Waals surface area contributed by atoms with Crippen LogP contribution in [-0.2, 0) is 11.2 Å². The van der Waals surface area contributed by atoms with Gasteiger partial charge in [-0.3, -0.25) is 10.1 Å². The molecule has 0 aliphatic carbocycles. The lowest BCUT2D eigenvalue weighted by molar-refractivity contribution is -0.128. The fraction of sp³-hybridized carbons (Fsp3) is 0.318. The van der Waals surface area contributed by atoms with Gasteiger partial charge in [-0.2, -0.15) is 0 Å². The Morgan fingerprint density at radius 1 is 1.14 bits per heavy atom. The number of hydrogen-bond donors (Lipinski definition) is 3. The van der Waals surface area contributed by atoms with Gasteiger partial charge in [-0.05, 0) is 44.0 Å². The molecule has 0 bridgehead atoms. The molecule has 1 amide bonds. The summed E-state index contributed by atoms with van der Waals surface area (Å²) in [5, 5.41) is 10.5. The Kier molecular flexibility index (Phi) is 5.31. The Morgan fingerprint density at radius 3 is 2.66 bits per heavy atom. The van der Waals surface area contributed by atoms with E-state index in [-0.39, 0.29) is 17.9 Å². The first-order chi connectivity index (χ1) is 14.0. The van der Waals surface area contributed by atoms with Gasteiger partial charge in [-0.25, -0.2) is 9.97 Å². The number of ether oxygens (including phenoxy) is 1. The molecule has 3 N–H and O–H groups in total. The molecule has 0 spiro atoms. The molecular weight excluding hydrogens is 366 g/mol. The number of anilines is 1. The van der Waals surface area contributed by atoms with E-state index >= 15 is 0 Å². The molecule has 1 aromatic heterocycles. The molecule has 2 heterocycles. The van der Waals surface area contributed by atoms with Gasteiger partial charge < -0.3 is 15.4 Å². The minimum absolute atomic E-state index is 0.00673. The van der Waals surface area contributed by atoms with Crippen LogP contribution in [0, 0.1) is 12.8 Å². The topological polar surface area (TPSA) is 88.2 Å². The average molecular weight is 391 g/mol. The molecule has 29 heavy (non-hydrogen) atoms. The number of nitrogens with one attached hydrogen (secondary N) is 3. The van der Waals surface area contributed by atoms with Crippen LogP contribution < -0.4 is 20.7 Å². The SMILES string of the molecule is COc1ccc2nc(NC3NC(=O)C(Cc4ccccc4)C(C)N3)nc(C)c2c1. The monoisotopic (exact) mass is 391 g/mol. The van der Waals surface area contributed by atoms with E-state index in [1.54, 1.807) is 7.11 Å². The number of carbonyl (C=O) groups is 1. The van der Waals surface area contributed by atoms with E-state index in [0.29, 0.717) is 12.4 Å². The van der Waals surface area contributed by atoms with E-state index in [1.165, 1.54) is 0 Å². The zero-order valence-corrected chi connectivity index (χ0v) is 16.8. The third-order valence-electron chi connectivity index (χ3n) is 5.32. The molecule has 1 aliphatic heterocycles. The van der Waals surface area contributed by atoms with Crippen molar-refractivity contribution in [1.82, 2.24) is 20.6 Å². The molecule has 7 heteroatoms. The maximum atomic E-state index is 12.7. The lowest BCUT2D eigenvalue weighted by Crippen LogP contribution is -2.63. The van der Waals surface area contributed by atoms with Crippen molar-refractivity contribution < 1.29 is 9.53 Å². The standard InChI is InChI=1S/C22H25N5O2/c1-13-17-12-16(29-3)9-10-19(17)25-21(23-13)27-22-24-14(2)18(20(28)26-22)11-15-7-5-4-6-8-15/h4-10,12,14,18,22,24H,11H2,1-3H3,(H,26,28)(H,23,25,27). The van der Waals surface area contributed by atoms with Gasteiger partial charge in [0.15, 0.2) is 6.29 Å². The van der Waals surface area contributed by atoms with Crippen LogP contribution in [0.4, 0.5) is 5.95 Å². The molecule has 1 aliphatic rings. The molecule has 4 rings (SSSR count). The summed E-state index contributed by atoms with van der Waals surface area (Å²) in [5.41, 5.74) is 2.81. The highest BCUT2D eigenvalue weighted by Crippen LogP contribution is 2.23. The summed E-state index contributed by atoms with van der Waals surface area (Å²) in [5.74, 6) is 1.11. The predicted octanol–water partition coefficient (Wildman–Crippen LogP) is 2.61.